The topological polar surface area (TPSA) is 61.8 Å². The molecule has 0 aromatic carbocycles. The second-order valence-corrected chi connectivity index (χ2v) is 5.16. The lowest BCUT2D eigenvalue weighted by Crippen LogP contribution is -2.62. The lowest BCUT2D eigenvalue weighted by molar-refractivity contribution is -0.135. The van der Waals surface area contributed by atoms with Crippen molar-refractivity contribution in [1.82, 2.24) is 10.2 Å². The minimum atomic E-state index is -0.635. The Labute approximate surface area is 115 Å². The van der Waals surface area contributed by atoms with Gasteiger partial charge in [0.2, 0.25) is 5.91 Å². The molecule has 19 heavy (non-hydrogen) atoms. The van der Waals surface area contributed by atoms with Gasteiger partial charge >= 0.3 is 6.03 Å². The Bertz CT molecular complexity index is 369. The van der Waals surface area contributed by atoms with Gasteiger partial charge in [-0.1, -0.05) is 39.5 Å². The van der Waals surface area contributed by atoms with Gasteiger partial charge in [0.1, 0.15) is 11.3 Å². The summed E-state index contributed by atoms with van der Waals surface area (Å²) in [5.41, 5.74) is -0.635. The standard InChI is InChI=1S/C14H25N3O2/c1-5-7-9-14(10-8-6-2)11(15-3)16-13(19)17(4)12(14)18/h5-10H2,1-4H3,(H,15,16,19). The van der Waals surface area contributed by atoms with Gasteiger partial charge in [-0.3, -0.25) is 20.0 Å². The molecule has 1 aliphatic heterocycles. The molecule has 0 spiro atoms. The second kappa shape index (κ2) is 6.68. The van der Waals surface area contributed by atoms with Crippen LogP contribution in [0.25, 0.3) is 0 Å². The van der Waals surface area contributed by atoms with Gasteiger partial charge in [0, 0.05) is 14.1 Å². The van der Waals surface area contributed by atoms with E-state index in [0.717, 1.165) is 38.5 Å². The first kappa shape index (κ1) is 15.7. The highest BCUT2D eigenvalue weighted by Crippen LogP contribution is 2.36. The number of unbranched alkanes of at least 4 members (excludes halogenated alkanes) is 2. The number of amides is 3. The van der Waals surface area contributed by atoms with E-state index in [1.807, 2.05) is 0 Å². The summed E-state index contributed by atoms with van der Waals surface area (Å²) in [5, 5.41) is 2.77. The van der Waals surface area contributed by atoms with Gasteiger partial charge in [-0.2, -0.15) is 0 Å². The molecule has 1 aliphatic rings. The maximum Gasteiger partial charge on any atom is 0.329 e. The lowest BCUT2D eigenvalue weighted by Gasteiger charge is -2.40. The first-order valence-electron chi connectivity index (χ1n) is 7.09. The van der Waals surface area contributed by atoms with Gasteiger partial charge in [0.05, 0.1) is 0 Å². The number of imide groups is 1. The predicted molar refractivity (Wildman–Crippen MR) is 76.1 cm³/mol. The van der Waals surface area contributed by atoms with Gasteiger partial charge < -0.3 is 0 Å². The van der Waals surface area contributed by atoms with Crippen LogP contribution in [0.15, 0.2) is 4.99 Å². The van der Waals surface area contributed by atoms with Crippen LogP contribution in [0.4, 0.5) is 4.79 Å². The number of nitrogens with one attached hydrogen (secondary N) is 1. The first-order valence-corrected chi connectivity index (χ1v) is 7.09. The third-order valence-electron chi connectivity index (χ3n) is 3.84. The number of rotatable bonds is 6. The molecule has 0 atom stereocenters. The molecule has 108 valence electrons. The number of hydrogen-bond donors (Lipinski definition) is 1. The fourth-order valence-corrected chi connectivity index (χ4v) is 2.62. The van der Waals surface area contributed by atoms with Crippen molar-refractivity contribution >= 4 is 17.8 Å². The SMILES string of the molecule is CCCCC1(CCCC)C(=O)N(C)C(=O)NC1=NC. The molecule has 0 unspecified atom stereocenters. The maximum absolute atomic E-state index is 12.6. The van der Waals surface area contributed by atoms with Crippen LogP contribution in [0.2, 0.25) is 0 Å². The highest BCUT2D eigenvalue weighted by atomic mass is 16.2. The van der Waals surface area contributed by atoms with E-state index in [0.29, 0.717) is 5.84 Å². The zero-order valence-corrected chi connectivity index (χ0v) is 12.5. The molecule has 1 fully saturated rings. The Balaban J connectivity index is 3.13. The summed E-state index contributed by atoms with van der Waals surface area (Å²) < 4.78 is 0. The number of hydrogen-bond acceptors (Lipinski definition) is 3. The molecule has 1 N–H and O–H groups in total. The van der Waals surface area contributed by atoms with E-state index < -0.39 is 5.41 Å². The lowest BCUT2D eigenvalue weighted by atomic mass is 9.74. The first-order chi connectivity index (χ1) is 9.03. The normalized spacial score (nSPS) is 20.8. The molecule has 0 aromatic rings. The molecule has 3 amide bonds. The summed E-state index contributed by atoms with van der Waals surface area (Å²) in [5.74, 6) is 0.432. The molecule has 1 heterocycles. The van der Waals surface area contributed by atoms with Crippen LogP contribution in [0.3, 0.4) is 0 Å². The van der Waals surface area contributed by atoms with Gasteiger partial charge in [0.25, 0.3) is 0 Å². The molecule has 0 radical (unpaired) electrons. The molecule has 0 aliphatic carbocycles. The average Bonchev–Trinajstić information content (AvgIpc) is 2.43. The van der Waals surface area contributed by atoms with Crippen molar-refractivity contribution in [1.29, 1.82) is 0 Å². The second-order valence-electron chi connectivity index (χ2n) is 5.16. The molecular formula is C14H25N3O2. The maximum atomic E-state index is 12.6. The minimum Gasteiger partial charge on any atom is -0.295 e. The van der Waals surface area contributed by atoms with E-state index in [-0.39, 0.29) is 11.9 Å². The largest absolute Gasteiger partial charge is 0.329 e. The van der Waals surface area contributed by atoms with Crippen LogP contribution in [-0.2, 0) is 4.79 Å². The Morgan fingerprint density at radius 3 is 2.11 bits per heavy atom. The molecule has 5 nitrogen and oxygen atoms in total. The third kappa shape index (κ3) is 2.96. The number of aliphatic imine (C=N–C) groups is 1. The highest BCUT2D eigenvalue weighted by Gasteiger charge is 2.49. The van der Waals surface area contributed by atoms with Gasteiger partial charge in [-0.15, -0.1) is 0 Å². The highest BCUT2D eigenvalue weighted by molar-refractivity contribution is 6.20. The van der Waals surface area contributed by atoms with Crippen LogP contribution in [0.1, 0.15) is 52.4 Å². The van der Waals surface area contributed by atoms with Crippen LogP contribution in [0.5, 0.6) is 0 Å². The van der Waals surface area contributed by atoms with E-state index in [9.17, 15) is 9.59 Å². The summed E-state index contributed by atoms with van der Waals surface area (Å²) in [6.45, 7) is 4.21. The van der Waals surface area contributed by atoms with E-state index in [4.69, 9.17) is 0 Å². The predicted octanol–water partition coefficient (Wildman–Crippen LogP) is 2.56. The van der Waals surface area contributed by atoms with Crippen molar-refractivity contribution in [2.45, 2.75) is 52.4 Å². The smallest absolute Gasteiger partial charge is 0.295 e. The molecular weight excluding hydrogens is 242 g/mol. The Morgan fingerprint density at radius 2 is 1.68 bits per heavy atom. The summed E-state index contributed by atoms with van der Waals surface area (Å²) in [7, 11) is 3.18. The Hall–Kier alpha value is -1.39. The Kier molecular flexibility index (Phi) is 5.51. The zero-order valence-electron chi connectivity index (χ0n) is 12.5. The molecule has 0 bridgehead atoms. The van der Waals surface area contributed by atoms with E-state index in [2.05, 4.69) is 24.2 Å². The third-order valence-corrected chi connectivity index (χ3v) is 3.84. The van der Waals surface area contributed by atoms with E-state index in [1.165, 1.54) is 11.9 Å². The van der Waals surface area contributed by atoms with Crippen LogP contribution < -0.4 is 5.32 Å². The van der Waals surface area contributed by atoms with Crippen LogP contribution >= 0.6 is 0 Å². The van der Waals surface area contributed by atoms with Crippen molar-refractivity contribution in [2.75, 3.05) is 14.1 Å². The molecule has 0 aromatic heterocycles. The number of carbonyl (C=O) groups excluding carboxylic acids is 2. The number of urea groups is 1. The van der Waals surface area contributed by atoms with Gasteiger partial charge in [-0.05, 0) is 12.8 Å². The molecule has 1 saturated heterocycles. The summed E-state index contributed by atoms with van der Waals surface area (Å²) in [4.78, 5) is 29.7. The number of carbonyl (C=O) groups is 2. The number of amidine groups is 1. The quantitative estimate of drug-likeness (QED) is 0.804. The average molecular weight is 267 g/mol. The summed E-state index contributed by atoms with van der Waals surface area (Å²) >= 11 is 0. The van der Waals surface area contributed by atoms with Crippen molar-refractivity contribution in [2.24, 2.45) is 10.4 Å². The molecule has 0 saturated carbocycles. The zero-order chi connectivity index (χ0) is 14.5. The van der Waals surface area contributed by atoms with Crippen molar-refractivity contribution in [3.63, 3.8) is 0 Å². The molecule has 5 heteroatoms. The van der Waals surface area contributed by atoms with Crippen molar-refractivity contribution in [3.05, 3.63) is 0 Å². The van der Waals surface area contributed by atoms with Crippen molar-refractivity contribution < 1.29 is 9.59 Å². The van der Waals surface area contributed by atoms with E-state index >= 15 is 0 Å². The van der Waals surface area contributed by atoms with Gasteiger partial charge in [0.15, 0.2) is 0 Å². The van der Waals surface area contributed by atoms with Crippen LogP contribution in [-0.4, -0.2) is 36.8 Å². The van der Waals surface area contributed by atoms with Gasteiger partial charge in [-0.25, -0.2) is 4.79 Å². The minimum absolute atomic E-state index is 0.112. The Morgan fingerprint density at radius 1 is 1.16 bits per heavy atom. The fourth-order valence-electron chi connectivity index (χ4n) is 2.62. The summed E-state index contributed by atoms with van der Waals surface area (Å²) in [6, 6.07) is -0.380. The fraction of sp³-hybridized carbons (Fsp3) is 0.786. The monoisotopic (exact) mass is 267 g/mol. The summed E-state index contributed by atoms with van der Waals surface area (Å²) in [6.07, 6.45) is 5.46. The van der Waals surface area contributed by atoms with Crippen molar-refractivity contribution in [3.8, 4) is 0 Å². The van der Waals surface area contributed by atoms with Crippen LogP contribution in [0, 0.1) is 5.41 Å². The number of nitrogens with zero attached hydrogens (tertiary/aromatic N) is 2. The molecule has 1 rings (SSSR count). The van der Waals surface area contributed by atoms with E-state index in [1.54, 1.807) is 7.05 Å².